The average Bonchev–Trinajstić information content (AvgIpc) is 2.78. The molecule has 1 atom stereocenters. The molecular weight excluding hydrogens is 212 g/mol. The Bertz CT molecular complexity index is 482. The Labute approximate surface area is 102 Å². The predicted octanol–water partition coefficient (Wildman–Crippen LogP) is 1.96. The van der Waals surface area contributed by atoms with Crippen LogP contribution >= 0.6 is 0 Å². The summed E-state index contributed by atoms with van der Waals surface area (Å²) in [5, 5.41) is 0. The molecule has 0 spiro atoms. The van der Waals surface area contributed by atoms with E-state index in [-0.39, 0.29) is 6.04 Å². The highest BCUT2D eigenvalue weighted by Crippen LogP contribution is 2.19. The van der Waals surface area contributed by atoms with Crippen LogP contribution in [-0.2, 0) is 0 Å². The van der Waals surface area contributed by atoms with Gasteiger partial charge in [0.25, 0.3) is 0 Å². The third-order valence-corrected chi connectivity index (χ3v) is 2.78. The van der Waals surface area contributed by atoms with Gasteiger partial charge in [0.05, 0.1) is 18.2 Å². The van der Waals surface area contributed by atoms with Crippen LogP contribution in [0.5, 0.6) is 0 Å². The smallest absolute Gasteiger partial charge is 0.0994 e. The van der Waals surface area contributed by atoms with Crippen LogP contribution in [0.2, 0.25) is 0 Å². The molecule has 4 nitrogen and oxygen atoms in total. The fourth-order valence-electron chi connectivity index (χ4n) is 1.77. The van der Waals surface area contributed by atoms with E-state index >= 15 is 0 Å². The van der Waals surface area contributed by atoms with E-state index in [0.717, 1.165) is 11.4 Å². The van der Waals surface area contributed by atoms with Crippen LogP contribution in [0.1, 0.15) is 18.7 Å². The minimum atomic E-state index is -0.0222. The lowest BCUT2D eigenvalue weighted by molar-refractivity contribution is 0.752. The van der Waals surface area contributed by atoms with Crippen molar-refractivity contribution in [2.45, 2.75) is 13.0 Å². The number of hydrogen-bond acceptors (Lipinski definition) is 3. The average molecular weight is 230 g/mol. The number of nitrogens with zero attached hydrogens (tertiary/aromatic N) is 3. The lowest BCUT2D eigenvalue weighted by Gasteiger charge is -2.14. The summed E-state index contributed by atoms with van der Waals surface area (Å²) >= 11 is 0. The standard InChI is InChI=1S/C13H18N4/c1-10(14)13-8-15-9-17(13)12-6-4-11(5-7-12)16(2)3/h4-10H,14H2,1-3H3. The van der Waals surface area contributed by atoms with Crippen molar-refractivity contribution in [2.75, 3.05) is 19.0 Å². The van der Waals surface area contributed by atoms with E-state index in [2.05, 4.69) is 34.1 Å². The molecule has 4 heteroatoms. The van der Waals surface area contributed by atoms with Crippen molar-refractivity contribution >= 4 is 5.69 Å². The summed E-state index contributed by atoms with van der Waals surface area (Å²) in [7, 11) is 4.05. The molecule has 17 heavy (non-hydrogen) atoms. The van der Waals surface area contributed by atoms with E-state index in [0.29, 0.717) is 0 Å². The molecular formula is C13H18N4. The van der Waals surface area contributed by atoms with Crippen LogP contribution in [0.4, 0.5) is 5.69 Å². The highest BCUT2D eigenvalue weighted by molar-refractivity contribution is 5.50. The molecule has 1 unspecified atom stereocenters. The fraction of sp³-hybridized carbons (Fsp3) is 0.308. The highest BCUT2D eigenvalue weighted by atomic mass is 15.1. The van der Waals surface area contributed by atoms with Crippen LogP contribution in [0.15, 0.2) is 36.8 Å². The first-order valence-corrected chi connectivity index (χ1v) is 5.65. The van der Waals surface area contributed by atoms with Gasteiger partial charge in [-0.1, -0.05) is 0 Å². The Morgan fingerprint density at radius 1 is 1.24 bits per heavy atom. The molecule has 0 radical (unpaired) electrons. The molecule has 0 bridgehead atoms. The van der Waals surface area contributed by atoms with Crippen LogP contribution in [0, 0.1) is 0 Å². The van der Waals surface area contributed by atoms with E-state index in [1.54, 1.807) is 6.33 Å². The zero-order valence-electron chi connectivity index (χ0n) is 10.5. The van der Waals surface area contributed by atoms with Crippen molar-refractivity contribution in [1.82, 2.24) is 9.55 Å². The number of benzene rings is 1. The number of imidazole rings is 1. The molecule has 2 aromatic rings. The normalized spacial score (nSPS) is 12.5. The van der Waals surface area contributed by atoms with Gasteiger partial charge in [0.1, 0.15) is 0 Å². The molecule has 0 fully saturated rings. The maximum absolute atomic E-state index is 5.91. The summed E-state index contributed by atoms with van der Waals surface area (Å²) in [5.41, 5.74) is 9.18. The molecule has 90 valence electrons. The molecule has 1 heterocycles. The Morgan fingerprint density at radius 2 is 1.88 bits per heavy atom. The van der Waals surface area contributed by atoms with Gasteiger partial charge in [-0.15, -0.1) is 0 Å². The minimum absolute atomic E-state index is 0.0222. The Hall–Kier alpha value is -1.81. The second-order valence-corrected chi connectivity index (χ2v) is 4.39. The van der Waals surface area contributed by atoms with E-state index in [1.165, 1.54) is 5.69 Å². The third-order valence-electron chi connectivity index (χ3n) is 2.78. The molecule has 0 saturated heterocycles. The van der Waals surface area contributed by atoms with Gasteiger partial charge in [0.2, 0.25) is 0 Å². The summed E-state index contributed by atoms with van der Waals surface area (Å²) in [6.07, 6.45) is 3.61. The van der Waals surface area contributed by atoms with Crippen LogP contribution in [-0.4, -0.2) is 23.6 Å². The molecule has 0 amide bonds. The van der Waals surface area contributed by atoms with Crippen molar-refractivity contribution < 1.29 is 0 Å². The van der Waals surface area contributed by atoms with Gasteiger partial charge in [-0.25, -0.2) is 4.98 Å². The summed E-state index contributed by atoms with van der Waals surface area (Å²) in [5.74, 6) is 0. The van der Waals surface area contributed by atoms with Gasteiger partial charge < -0.3 is 15.2 Å². The van der Waals surface area contributed by atoms with Crippen LogP contribution in [0.25, 0.3) is 5.69 Å². The quantitative estimate of drug-likeness (QED) is 0.876. The van der Waals surface area contributed by atoms with Gasteiger partial charge in [-0.3, -0.25) is 0 Å². The van der Waals surface area contributed by atoms with Gasteiger partial charge >= 0.3 is 0 Å². The van der Waals surface area contributed by atoms with Gasteiger partial charge in [-0.05, 0) is 31.2 Å². The molecule has 0 aliphatic heterocycles. The van der Waals surface area contributed by atoms with E-state index in [4.69, 9.17) is 5.73 Å². The van der Waals surface area contributed by atoms with Crippen molar-refractivity contribution in [3.63, 3.8) is 0 Å². The number of anilines is 1. The Kier molecular flexibility index (Phi) is 3.15. The molecule has 2 rings (SSSR count). The van der Waals surface area contributed by atoms with Crippen LogP contribution in [0.3, 0.4) is 0 Å². The number of aromatic nitrogens is 2. The van der Waals surface area contributed by atoms with E-state index < -0.39 is 0 Å². The number of rotatable bonds is 3. The third kappa shape index (κ3) is 2.31. The molecule has 0 saturated carbocycles. The Balaban J connectivity index is 2.37. The zero-order chi connectivity index (χ0) is 12.4. The first-order chi connectivity index (χ1) is 8.09. The molecule has 1 aromatic heterocycles. The molecule has 1 aromatic carbocycles. The maximum Gasteiger partial charge on any atom is 0.0994 e. The summed E-state index contributed by atoms with van der Waals surface area (Å²) in [6, 6.07) is 8.29. The van der Waals surface area contributed by atoms with Gasteiger partial charge in [-0.2, -0.15) is 0 Å². The first-order valence-electron chi connectivity index (χ1n) is 5.65. The van der Waals surface area contributed by atoms with E-state index in [1.807, 2.05) is 31.8 Å². The molecule has 2 N–H and O–H groups in total. The summed E-state index contributed by atoms with van der Waals surface area (Å²) < 4.78 is 2.02. The lowest BCUT2D eigenvalue weighted by Crippen LogP contribution is -2.11. The van der Waals surface area contributed by atoms with Crippen molar-refractivity contribution in [3.8, 4) is 5.69 Å². The first kappa shape index (κ1) is 11.7. The number of hydrogen-bond donors (Lipinski definition) is 1. The Morgan fingerprint density at radius 3 is 2.41 bits per heavy atom. The number of nitrogens with two attached hydrogens (primary N) is 1. The maximum atomic E-state index is 5.91. The second-order valence-electron chi connectivity index (χ2n) is 4.39. The lowest BCUT2D eigenvalue weighted by atomic mass is 10.2. The minimum Gasteiger partial charge on any atom is -0.378 e. The largest absolute Gasteiger partial charge is 0.378 e. The van der Waals surface area contributed by atoms with Gasteiger partial charge in [0.15, 0.2) is 0 Å². The van der Waals surface area contributed by atoms with Crippen molar-refractivity contribution in [1.29, 1.82) is 0 Å². The van der Waals surface area contributed by atoms with Crippen LogP contribution < -0.4 is 10.6 Å². The SMILES string of the molecule is CC(N)c1cncn1-c1ccc(N(C)C)cc1. The molecule has 0 aliphatic rings. The summed E-state index contributed by atoms with van der Waals surface area (Å²) in [4.78, 5) is 6.22. The fourth-order valence-corrected chi connectivity index (χ4v) is 1.77. The highest BCUT2D eigenvalue weighted by Gasteiger charge is 2.08. The molecule has 0 aliphatic carbocycles. The van der Waals surface area contributed by atoms with Crippen molar-refractivity contribution in [3.05, 3.63) is 42.5 Å². The second kappa shape index (κ2) is 4.59. The topological polar surface area (TPSA) is 47.1 Å². The summed E-state index contributed by atoms with van der Waals surface area (Å²) in [6.45, 7) is 1.96. The van der Waals surface area contributed by atoms with E-state index in [9.17, 15) is 0 Å². The predicted molar refractivity (Wildman–Crippen MR) is 70.5 cm³/mol. The van der Waals surface area contributed by atoms with Gasteiger partial charge in [0, 0.05) is 31.5 Å². The van der Waals surface area contributed by atoms with Crippen molar-refractivity contribution in [2.24, 2.45) is 5.73 Å². The zero-order valence-corrected chi connectivity index (χ0v) is 10.5. The monoisotopic (exact) mass is 230 g/mol.